The molecule has 0 saturated heterocycles. The second-order valence-electron chi connectivity index (χ2n) is 8.89. The van der Waals surface area contributed by atoms with Gasteiger partial charge < -0.3 is 9.32 Å². The minimum Gasteiger partial charge on any atom is -0.438 e. The molecule has 0 radical (unpaired) electrons. The molecule has 0 aliphatic rings. The van der Waals surface area contributed by atoms with Gasteiger partial charge in [0.2, 0.25) is 5.71 Å². The minimum atomic E-state index is 0.639. The van der Waals surface area contributed by atoms with Crippen molar-refractivity contribution in [3.63, 3.8) is 0 Å². The second-order valence-corrected chi connectivity index (χ2v) is 8.89. The van der Waals surface area contributed by atoms with Crippen LogP contribution in [0.2, 0.25) is 0 Å². The fraction of sp³-hybridized carbons (Fsp3) is 0. The van der Waals surface area contributed by atoms with Crippen molar-refractivity contribution in [2.45, 2.75) is 0 Å². The van der Waals surface area contributed by atoms with E-state index >= 15 is 0 Å². The van der Waals surface area contributed by atoms with Crippen LogP contribution >= 0.6 is 0 Å². The van der Waals surface area contributed by atoms with Crippen LogP contribution < -0.4 is 4.90 Å². The van der Waals surface area contributed by atoms with E-state index < -0.39 is 0 Å². The average Bonchev–Trinajstić information content (AvgIpc) is 3.33. The summed E-state index contributed by atoms with van der Waals surface area (Å²) in [5.74, 6) is 0. The third-order valence-electron chi connectivity index (χ3n) is 6.72. The molecule has 0 N–H and O–H groups in total. The van der Waals surface area contributed by atoms with Crippen LogP contribution in [0.5, 0.6) is 0 Å². The van der Waals surface area contributed by atoms with E-state index in [1.165, 1.54) is 21.9 Å². The van der Waals surface area contributed by atoms with Gasteiger partial charge in [-0.25, -0.2) is 4.98 Å². The zero-order valence-electron chi connectivity index (χ0n) is 19.5. The molecule has 7 aromatic rings. The van der Waals surface area contributed by atoms with Gasteiger partial charge >= 0.3 is 0 Å². The molecule has 2 aromatic heterocycles. The van der Waals surface area contributed by atoms with Gasteiger partial charge in [0, 0.05) is 23.0 Å². The number of aromatic nitrogens is 1. The topological polar surface area (TPSA) is 29.3 Å². The molecule has 0 bridgehead atoms. The van der Waals surface area contributed by atoms with Crippen molar-refractivity contribution in [2.24, 2.45) is 0 Å². The van der Waals surface area contributed by atoms with Gasteiger partial charge in [0.1, 0.15) is 5.58 Å². The molecule has 0 spiro atoms. The summed E-state index contributed by atoms with van der Waals surface area (Å²) in [6.45, 7) is 0. The molecule has 0 aliphatic carbocycles. The standard InChI is InChI=1S/C33H22N2O/c1-2-8-23(9-3-1)25-14-17-27(18-15-25)35(28-19-16-24-10-4-5-11-26(24)22-28)30-20-21-34-33-32(30)29-12-6-7-13-31(29)36-33/h1-22H. The van der Waals surface area contributed by atoms with E-state index in [9.17, 15) is 0 Å². The highest BCUT2D eigenvalue weighted by molar-refractivity contribution is 6.12. The Morgan fingerprint density at radius 1 is 0.556 bits per heavy atom. The van der Waals surface area contributed by atoms with E-state index in [1.54, 1.807) is 0 Å². The van der Waals surface area contributed by atoms with Crippen LogP contribution in [0.3, 0.4) is 0 Å². The van der Waals surface area contributed by atoms with Crippen LogP contribution in [0, 0.1) is 0 Å². The van der Waals surface area contributed by atoms with Crippen LogP contribution in [-0.4, -0.2) is 4.98 Å². The highest BCUT2D eigenvalue weighted by Crippen LogP contribution is 2.43. The minimum absolute atomic E-state index is 0.639. The van der Waals surface area contributed by atoms with Crippen molar-refractivity contribution in [3.05, 3.63) is 134 Å². The second kappa shape index (κ2) is 8.40. The van der Waals surface area contributed by atoms with Gasteiger partial charge in [-0.3, -0.25) is 0 Å². The number of benzene rings is 5. The Bertz CT molecular complexity index is 1840. The molecule has 0 fully saturated rings. The Hall–Kier alpha value is -4.89. The molecule has 7 rings (SSSR count). The molecule has 0 aliphatic heterocycles. The lowest BCUT2D eigenvalue weighted by atomic mass is 10.0. The molecule has 2 heterocycles. The van der Waals surface area contributed by atoms with Crippen molar-refractivity contribution in [1.29, 1.82) is 0 Å². The summed E-state index contributed by atoms with van der Waals surface area (Å²) < 4.78 is 6.12. The first-order valence-corrected chi connectivity index (χ1v) is 12.1. The van der Waals surface area contributed by atoms with Gasteiger partial charge in [-0.1, -0.05) is 91.0 Å². The first-order chi connectivity index (χ1) is 17.8. The average molecular weight is 463 g/mol. The highest BCUT2D eigenvalue weighted by Gasteiger charge is 2.20. The molecule has 170 valence electrons. The maximum absolute atomic E-state index is 6.12. The third kappa shape index (κ3) is 3.41. The van der Waals surface area contributed by atoms with Crippen molar-refractivity contribution in [2.75, 3.05) is 4.90 Å². The molecule has 3 heteroatoms. The predicted molar refractivity (Wildman–Crippen MR) is 149 cm³/mol. The van der Waals surface area contributed by atoms with Crippen LogP contribution in [0.25, 0.3) is 44.0 Å². The molecule has 5 aromatic carbocycles. The smallest absolute Gasteiger partial charge is 0.229 e. The van der Waals surface area contributed by atoms with E-state index in [4.69, 9.17) is 4.42 Å². The number of fused-ring (bicyclic) bond motifs is 4. The number of nitrogens with zero attached hydrogens (tertiary/aromatic N) is 2. The van der Waals surface area contributed by atoms with Crippen LogP contribution in [-0.2, 0) is 0 Å². The van der Waals surface area contributed by atoms with E-state index in [-0.39, 0.29) is 0 Å². The predicted octanol–water partition coefficient (Wildman–Crippen LogP) is 9.27. The fourth-order valence-corrected chi connectivity index (χ4v) is 4.99. The van der Waals surface area contributed by atoms with E-state index in [1.807, 2.05) is 30.5 Å². The normalized spacial score (nSPS) is 11.3. The summed E-state index contributed by atoms with van der Waals surface area (Å²) in [5, 5.41) is 4.48. The lowest BCUT2D eigenvalue weighted by Gasteiger charge is -2.26. The molecule has 0 saturated carbocycles. The summed E-state index contributed by atoms with van der Waals surface area (Å²) >= 11 is 0. The highest BCUT2D eigenvalue weighted by atomic mass is 16.3. The number of hydrogen-bond donors (Lipinski definition) is 0. The Kier molecular flexibility index (Phi) is 4.78. The zero-order chi connectivity index (χ0) is 23.9. The molecule has 36 heavy (non-hydrogen) atoms. The summed E-state index contributed by atoms with van der Waals surface area (Å²) in [6.07, 6.45) is 1.83. The maximum Gasteiger partial charge on any atom is 0.229 e. The number of rotatable bonds is 4. The molecule has 3 nitrogen and oxygen atoms in total. The van der Waals surface area contributed by atoms with Gasteiger partial charge in [-0.05, 0) is 58.3 Å². The van der Waals surface area contributed by atoms with Gasteiger partial charge in [-0.2, -0.15) is 0 Å². The number of hydrogen-bond acceptors (Lipinski definition) is 3. The fourth-order valence-electron chi connectivity index (χ4n) is 4.99. The van der Waals surface area contributed by atoms with Gasteiger partial charge in [-0.15, -0.1) is 0 Å². The monoisotopic (exact) mass is 462 g/mol. The van der Waals surface area contributed by atoms with Crippen molar-refractivity contribution < 1.29 is 4.42 Å². The summed E-state index contributed by atoms with van der Waals surface area (Å²) in [5.41, 5.74) is 7.06. The maximum atomic E-state index is 6.12. The molecular formula is C33H22N2O. The van der Waals surface area contributed by atoms with Gasteiger partial charge in [0.15, 0.2) is 0 Å². The van der Waals surface area contributed by atoms with Crippen LogP contribution in [0.1, 0.15) is 0 Å². The van der Waals surface area contributed by atoms with Crippen molar-refractivity contribution in [3.8, 4) is 11.1 Å². The SMILES string of the molecule is c1ccc(-c2ccc(N(c3ccc4ccccc4c3)c3ccnc4oc5ccccc5c34)cc2)cc1. The molecule has 0 atom stereocenters. The number of para-hydroxylation sites is 1. The molecular weight excluding hydrogens is 440 g/mol. The van der Waals surface area contributed by atoms with Gasteiger partial charge in [0.05, 0.1) is 11.1 Å². The van der Waals surface area contributed by atoms with E-state index in [0.29, 0.717) is 5.71 Å². The first kappa shape index (κ1) is 20.5. The molecule has 0 unspecified atom stereocenters. The number of pyridine rings is 1. The Morgan fingerprint density at radius 3 is 2.11 bits per heavy atom. The summed E-state index contributed by atoms with van der Waals surface area (Å²) in [7, 11) is 0. The lowest BCUT2D eigenvalue weighted by molar-refractivity contribution is 0.654. The quantitative estimate of drug-likeness (QED) is 0.261. The Labute approximate surface area is 208 Å². The van der Waals surface area contributed by atoms with Crippen molar-refractivity contribution in [1.82, 2.24) is 4.98 Å². The van der Waals surface area contributed by atoms with Crippen LogP contribution in [0.15, 0.2) is 138 Å². The Balaban J connectivity index is 1.47. The zero-order valence-corrected chi connectivity index (χ0v) is 19.5. The summed E-state index contributed by atoms with van der Waals surface area (Å²) in [4.78, 5) is 6.86. The largest absolute Gasteiger partial charge is 0.438 e. The third-order valence-corrected chi connectivity index (χ3v) is 6.72. The van der Waals surface area contributed by atoms with E-state index in [2.05, 4.69) is 113 Å². The Morgan fingerprint density at radius 2 is 1.25 bits per heavy atom. The number of furan rings is 1. The first-order valence-electron chi connectivity index (χ1n) is 12.1. The summed E-state index contributed by atoms with van der Waals surface area (Å²) in [6, 6.07) is 44.5. The number of anilines is 3. The molecule has 0 amide bonds. The van der Waals surface area contributed by atoms with E-state index in [0.717, 1.165) is 33.4 Å². The van der Waals surface area contributed by atoms with Gasteiger partial charge in [0.25, 0.3) is 0 Å². The van der Waals surface area contributed by atoms with Crippen molar-refractivity contribution >= 4 is 49.9 Å². The lowest BCUT2D eigenvalue weighted by Crippen LogP contribution is -2.10. The van der Waals surface area contributed by atoms with Crippen LogP contribution in [0.4, 0.5) is 17.1 Å².